The molecule has 29 heavy (non-hydrogen) atoms. The van der Waals surface area contributed by atoms with Crippen LogP contribution in [-0.4, -0.2) is 29.0 Å². The molecule has 0 bridgehead atoms. The van der Waals surface area contributed by atoms with E-state index in [1.807, 2.05) is 12.1 Å². The standard InChI is InChI=1S/C24H22N4O/c29-24(27-23-22-8-11-25-16-20(22)7-12-26-23)18-9-13-28(14-10-18)21-6-5-17-3-1-2-4-19(17)15-21/h1-8,11-12,15-16,18H,9-10,13-14H2,(H,26,27,29). The zero-order valence-corrected chi connectivity index (χ0v) is 16.1. The number of anilines is 2. The Morgan fingerprint density at radius 1 is 0.931 bits per heavy atom. The molecule has 0 saturated carbocycles. The number of aromatic nitrogens is 2. The molecule has 1 N–H and O–H groups in total. The van der Waals surface area contributed by atoms with Crippen molar-refractivity contribution in [2.24, 2.45) is 5.92 Å². The van der Waals surface area contributed by atoms with E-state index in [1.54, 1.807) is 18.6 Å². The van der Waals surface area contributed by atoms with Crippen LogP contribution in [0.2, 0.25) is 0 Å². The van der Waals surface area contributed by atoms with E-state index in [0.717, 1.165) is 36.7 Å². The molecule has 4 aromatic rings. The molecule has 0 unspecified atom stereocenters. The fourth-order valence-corrected chi connectivity index (χ4v) is 4.11. The van der Waals surface area contributed by atoms with Crippen LogP contribution in [0.4, 0.5) is 11.5 Å². The van der Waals surface area contributed by atoms with Gasteiger partial charge in [-0.3, -0.25) is 9.78 Å². The number of nitrogens with one attached hydrogen (secondary N) is 1. The van der Waals surface area contributed by atoms with Gasteiger partial charge in [0.05, 0.1) is 0 Å². The molecule has 0 aliphatic carbocycles. The maximum atomic E-state index is 12.8. The fourth-order valence-electron chi connectivity index (χ4n) is 4.11. The SMILES string of the molecule is O=C(Nc1nccc2cnccc12)C1CCN(c2ccc3ccccc3c2)CC1. The lowest BCUT2D eigenvalue weighted by atomic mass is 9.95. The van der Waals surface area contributed by atoms with Crippen molar-refractivity contribution in [1.29, 1.82) is 0 Å². The number of hydrogen-bond acceptors (Lipinski definition) is 4. The maximum Gasteiger partial charge on any atom is 0.228 e. The number of hydrogen-bond donors (Lipinski definition) is 1. The van der Waals surface area contributed by atoms with Crippen LogP contribution in [0.5, 0.6) is 0 Å². The van der Waals surface area contributed by atoms with Crippen molar-refractivity contribution in [1.82, 2.24) is 9.97 Å². The number of benzene rings is 2. The zero-order chi connectivity index (χ0) is 19.6. The van der Waals surface area contributed by atoms with E-state index in [-0.39, 0.29) is 11.8 Å². The second kappa shape index (κ2) is 7.51. The molecule has 1 aliphatic heterocycles. The zero-order valence-electron chi connectivity index (χ0n) is 16.1. The summed E-state index contributed by atoms with van der Waals surface area (Å²) in [5.74, 6) is 0.678. The Hall–Kier alpha value is -3.47. The van der Waals surface area contributed by atoms with Crippen LogP contribution in [0.1, 0.15) is 12.8 Å². The number of amides is 1. The normalized spacial score (nSPS) is 15.0. The predicted octanol–water partition coefficient (Wildman–Crippen LogP) is 4.64. The van der Waals surface area contributed by atoms with Gasteiger partial charge in [-0.15, -0.1) is 0 Å². The summed E-state index contributed by atoms with van der Waals surface area (Å²) in [5, 5.41) is 7.44. The molecule has 5 nitrogen and oxygen atoms in total. The Morgan fingerprint density at radius 3 is 2.62 bits per heavy atom. The summed E-state index contributed by atoms with van der Waals surface area (Å²) >= 11 is 0. The van der Waals surface area contributed by atoms with E-state index in [1.165, 1.54) is 16.5 Å². The lowest BCUT2D eigenvalue weighted by Gasteiger charge is -2.33. The Balaban J connectivity index is 1.26. The van der Waals surface area contributed by atoms with Crippen LogP contribution in [0, 0.1) is 5.92 Å². The Kier molecular flexibility index (Phi) is 4.56. The largest absolute Gasteiger partial charge is 0.371 e. The van der Waals surface area contributed by atoms with Crippen LogP contribution in [0.25, 0.3) is 21.5 Å². The van der Waals surface area contributed by atoms with Crippen molar-refractivity contribution < 1.29 is 4.79 Å². The first kappa shape index (κ1) is 17.6. The van der Waals surface area contributed by atoms with Crippen LogP contribution in [0.15, 0.2) is 73.2 Å². The molecule has 0 spiro atoms. The summed E-state index contributed by atoms with van der Waals surface area (Å²) in [5.41, 5.74) is 1.23. The quantitative estimate of drug-likeness (QED) is 0.561. The van der Waals surface area contributed by atoms with Crippen molar-refractivity contribution in [3.8, 4) is 0 Å². The summed E-state index contributed by atoms with van der Waals surface area (Å²) in [6.45, 7) is 1.76. The van der Waals surface area contributed by atoms with Crippen molar-refractivity contribution in [3.05, 3.63) is 73.2 Å². The van der Waals surface area contributed by atoms with Gasteiger partial charge in [-0.1, -0.05) is 30.3 Å². The second-order valence-corrected chi connectivity index (χ2v) is 7.54. The fraction of sp³-hybridized carbons (Fsp3) is 0.208. The van der Waals surface area contributed by atoms with Crippen molar-refractivity contribution in [2.75, 3.05) is 23.3 Å². The molecule has 5 heteroatoms. The number of pyridine rings is 2. The Morgan fingerprint density at radius 2 is 1.76 bits per heavy atom. The third kappa shape index (κ3) is 3.51. The first-order valence-electron chi connectivity index (χ1n) is 10.0. The number of rotatable bonds is 3. The topological polar surface area (TPSA) is 58.1 Å². The average Bonchev–Trinajstić information content (AvgIpc) is 2.79. The van der Waals surface area contributed by atoms with Gasteiger partial charge >= 0.3 is 0 Å². The van der Waals surface area contributed by atoms with E-state index in [9.17, 15) is 4.79 Å². The molecular weight excluding hydrogens is 360 g/mol. The third-order valence-electron chi connectivity index (χ3n) is 5.77. The number of nitrogens with zero attached hydrogens (tertiary/aromatic N) is 3. The summed E-state index contributed by atoms with van der Waals surface area (Å²) in [6.07, 6.45) is 6.90. The van der Waals surface area contributed by atoms with Gasteiger partial charge in [0.1, 0.15) is 5.82 Å². The molecule has 2 aromatic carbocycles. The van der Waals surface area contributed by atoms with Gasteiger partial charge in [0.15, 0.2) is 0 Å². The molecule has 2 aromatic heterocycles. The highest BCUT2D eigenvalue weighted by molar-refractivity contribution is 6.00. The Labute approximate surface area is 169 Å². The van der Waals surface area contributed by atoms with Gasteiger partial charge < -0.3 is 10.2 Å². The molecule has 0 radical (unpaired) electrons. The lowest BCUT2D eigenvalue weighted by Crippen LogP contribution is -2.38. The minimum absolute atomic E-state index is 0.00518. The highest BCUT2D eigenvalue weighted by atomic mass is 16.1. The molecule has 1 fully saturated rings. The van der Waals surface area contributed by atoms with Crippen molar-refractivity contribution >= 4 is 39.0 Å². The minimum Gasteiger partial charge on any atom is -0.371 e. The molecular formula is C24H22N4O. The van der Waals surface area contributed by atoms with E-state index in [4.69, 9.17) is 0 Å². The summed E-state index contributed by atoms with van der Waals surface area (Å²) in [7, 11) is 0. The molecule has 1 aliphatic rings. The maximum absolute atomic E-state index is 12.8. The van der Waals surface area contributed by atoms with Crippen LogP contribution in [-0.2, 0) is 4.79 Å². The van der Waals surface area contributed by atoms with Gasteiger partial charge in [-0.2, -0.15) is 0 Å². The molecule has 0 atom stereocenters. The number of fused-ring (bicyclic) bond motifs is 2. The summed E-state index contributed by atoms with van der Waals surface area (Å²) in [6, 6.07) is 18.8. The van der Waals surface area contributed by atoms with Crippen LogP contribution >= 0.6 is 0 Å². The highest BCUT2D eigenvalue weighted by Crippen LogP contribution is 2.28. The van der Waals surface area contributed by atoms with Crippen molar-refractivity contribution in [2.45, 2.75) is 12.8 Å². The highest BCUT2D eigenvalue weighted by Gasteiger charge is 2.26. The van der Waals surface area contributed by atoms with Crippen LogP contribution < -0.4 is 10.2 Å². The molecule has 144 valence electrons. The van der Waals surface area contributed by atoms with Gasteiger partial charge in [-0.05, 0) is 47.9 Å². The molecule has 3 heterocycles. The number of carbonyl (C=O) groups is 1. The van der Waals surface area contributed by atoms with E-state index >= 15 is 0 Å². The second-order valence-electron chi connectivity index (χ2n) is 7.54. The van der Waals surface area contributed by atoms with E-state index in [2.05, 4.69) is 62.6 Å². The first-order valence-corrected chi connectivity index (χ1v) is 10.0. The smallest absolute Gasteiger partial charge is 0.228 e. The molecule has 1 saturated heterocycles. The first-order chi connectivity index (χ1) is 14.3. The Bertz CT molecular complexity index is 1180. The number of carbonyl (C=O) groups excluding carboxylic acids is 1. The third-order valence-corrected chi connectivity index (χ3v) is 5.77. The van der Waals surface area contributed by atoms with Crippen LogP contribution in [0.3, 0.4) is 0 Å². The summed E-state index contributed by atoms with van der Waals surface area (Å²) in [4.78, 5) is 23.7. The van der Waals surface area contributed by atoms with Gasteiger partial charge in [0, 0.05) is 54.1 Å². The predicted molar refractivity (Wildman–Crippen MR) is 117 cm³/mol. The van der Waals surface area contributed by atoms with Gasteiger partial charge in [0.2, 0.25) is 5.91 Å². The van der Waals surface area contributed by atoms with Crippen molar-refractivity contribution in [3.63, 3.8) is 0 Å². The van der Waals surface area contributed by atoms with Gasteiger partial charge in [-0.25, -0.2) is 4.98 Å². The average molecular weight is 382 g/mol. The molecule has 5 rings (SSSR count). The molecule has 1 amide bonds. The monoisotopic (exact) mass is 382 g/mol. The van der Waals surface area contributed by atoms with E-state index < -0.39 is 0 Å². The van der Waals surface area contributed by atoms with Gasteiger partial charge in [0.25, 0.3) is 0 Å². The minimum atomic E-state index is 0.00518. The summed E-state index contributed by atoms with van der Waals surface area (Å²) < 4.78 is 0. The number of piperidine rings is 1. The van der Waals surface area contributed by atoms with E-state index in [0.29, 0.717) is 5.82 Å². The lowest BCUT2D eigenvalue weighted by molar-refractivity contribution is -0.120.